The van der Waals surface area contributed by atoms with Gasteiger partial charge in [-0.2, -0.15) is 4.98 Å². The van der Waals surface area contributed by atoms with Crippen molar-refractivity contribution in [2.45, 2.75) is 42.7 Å². The van der Waals surface area contributed by atoms with Crippen LogP contribution in [0.25, 0.3) is 10.9 Å². The molecule has 1 aliphatic rings. The fourth-order valence-electron chi connectivity index (χ4n) is 3.53. The third-order valence-corrected chi connectivity index (χ3v) is 6.52. The van der Waals surface area contributed by atoms with Gasteiger partial charge in [-0.1, -0.05) is 18.2 Å². The minimum Gasteiger partial charge on any atom is -0.480 e. The van der Waals surface area contributed by atoms with Crippen molar-refractivity contribution in [3.63, 3.8) is 0 Å². The van der Waals surface area contributed by atoms with E-state index in [1.807, 2.05) is 12.1 Å². The van der Waals surface area contributed by atoms with Gasteiger partial charge < -0.3 is 9.47 Å². The van der Waals surface area contributed by atoms with E-state index in [1.54, 1.807) is 30.6 Å². The normalized spacial score (nSPS) is 19.8. The van der Waals surface area contributed by atoms with Crippen molar-refractivity contribution in [2.24, 2.45) is 0 Å². The highest BCUT2D eigenvalue weighted by molar-refractivity contribution is 7.89. The SMILES string of the molecule is COc1cncc(OC2CCC(NS(=O)(=O)c3cccc4cccnc34)CC2)n1. The zero-order valence-corrected chi connectivity index (χ0v) is 16.8. The monoisotopic (exact) mass is 414 g/mol. The Labute approximate surface area is 169 Å². The molecule has 8 nitrogen and oxygen atoms in total. The zero-order chi connectivity index (χ0) is 20.3. The van der Waals surface area contributed by atoms with Gasteiger partial charge in [-0.25, -0.2) is 13.1 Å². The smallest absolute Gasteiger partial charge is 0.242 e. The molecule has 0 radical (unpaired) electrons. The lowest BCUT2D eigenvalue weighted by Crippen LogP contribution is -2.39. The summed E-state index contributed by atoms with van der Waals surface area (Å²) in [6, 6.07) is 8.68. The second kappa shape index (κ2) is 8.30. The van der Waals surface area contributed by atoms with E-state index >= 15 is 0 Å². The second-order valence-electron chi connectivity index (χ2n) is 6.94. The average Bonchev–Trinajstić information content (AvgIpc) is 2.74. The maximum Gasteiger partial charge on any atom is 0.242 e. The van der Waals surface area contributed by atoms with Gasteiger partial charge in [0.05, 0.1) is 25.0 Å². The Bertz CT molecular complexity index is 1090. The summed E-state index contributed by atoms with van der Waals surface area (Å²) < 4.78 is 39.7. The number of aromatic nitrogens is 3. The summed E-state index contributed by atoms with van der Waals surface area (Å²) in [6.07, 6.45) is 7.44. The number of benzene rings is 1. The van der Waals surface area contributed by atoms with E-state index in [0.29, 0.717) is 30.1 Å². The van der Waals surface area contributed by atoms with Crippen molar-refractivity contribution < 1.29 is 17.9 Å². The summed E-state index contributed by atoms with van der Waals surface area (Å²) in [5.41, 5.74) is 0.483. The Morgan fingerprint density at radius 3 is 2.59 bits per heavy atom. The molecule has 29 heavy (non-hydrogen) atoms. The molecular formula is C20H22N4O4S. The summed E-state index contributed by atoms with van der Waals surface area (Å²) in [7, 11) is -2.14. The van der Waals surface area contributed by atoms with Crippen LogP contribution >= 0.6 is 0 Å². The lowest BCUT2D eigenvalue weighted by Gasteiger charge is -2.29. The molecule has 1 fully saturated rings. The van der Waals surface area contributed by atoms with Crippen LogP contribution in [-0.4, -0.2) is 42.6 Å². The third kappa shape index (κ3) is 4.46. The van der Waals surface area contributed by atoms with Crippen molar-refractivity contribution in [3.05, 3.63) is 48.9 Å². The molecule has 1 saturated carbocycles. The number of pyridine rings is 1. The first kappa shape index (κ1) is 19.5. The maximum absolute atomic E-state index is 12.9. The highest BCUT2D eigenvalue weighted by atomic mass is 32.2. The molecule has 2 heterocycles. The number of hydrogen-bond acceptors (Lipinski definition) is 7. The summed E-state index contributed by atoms with van der Waals surface area (Å²) in [6.45, 7) is 0. The molecule has 4 rings (SSSR count). The molecule has 3 aromatic rings. The summed E-state index contributed by atoms with van der Waals surface area (Å²) >= 11 is 0. The highest BCUT2D eigenvalue weighted by Gasteiger charge is 2.28. The predicted molar refractivity (Wildman–Crippen MR) is 107 cm³/mol. The molecule has 2 aromatic heterocycles. The molecule has 0 unspecified atom stereocenters. The molecule has 0 bridgehead atoms. The Morgan fingerprint density at radius 2 is 1.79 bits per heavy atom. The van der Waals surface area contributed by atoms with E-state index in [4.69, 9.17) is 9.47 Å². The van der Waals surface area contributed by atoms with Gasteiger partial charge in [-0.3, -0.25) is 9.97 Å². The van der Waals surface area contributed by atoms with Crippen molar-refractivity contribution in [3.8, 4) is 11.8 Å². The van der Waals surface area contributed by atoms with Gasteiger partial charge in [0.1, 0.15) is 11.0 Å². The molecule has 1 aliphatic carbocycles. The summed E-state index contributed by atoms with van der Waals surface area (Å²) in [4.78, 5) is 12.7. The van der Waals surface area contributed by atoms with Crippen LogP contribution in [0.3, 0.4) is 0 Å². The van der Waals surface area contributed by atoms with E-state index in [1.165, 1.54) is 13.3 Å². The van der Waals surface area contributed by atoms with Crippen LogP contribution in [-0.2, 0) is 10.0 Å². The molecule has 0 spiro atoms. The number of rotatable bonds is 6. The van der Waals surface area contributed by atoms with Gasteiger partial charge in [0.2, 0.25) is 21.8 Å². The highest BCUT2D eigenvalue weighted by Crippen LogP contribution is 2.26. The topological polar surface area (TPSA) is 103 Å². The number of hydrogen-bond donors (Lipinski definition) is 1. The van der Waals surface area contributed by atoms with Crippen LogP contribution in [0.5, 0.6) is 11.8 Å². The molecule has 0 aliphatic heterocycles. The van der Waals surface area contributed by atoms with Crippen molar-refractivity contribution in [1.29, 1.82) is 0 Å². The number of nitrogens with zero attached hydrogens (tertiary/aromatic N) is 3. The first-order chi connectivity index (χ1) is 14.0. The van der Waals surface area contributed by atoms with Crippen molar-refractivity contribution in [2.75, 3.05) is 7.11 Å². The van der Waals surface area contributed by atoms with E-state index < -0.39 is 10.0 Å². The summed E-state index contributed by atoms with van der Waals surface area (Å²) in [5.74, 6) is 0.808. The Balaban J connectivity index is 1.40. The number of nitrogens with one attached hydrogen (secondary N) is 1. The Kier molecular flexibility index (Phi) is 5.59. The van der Waals surface area contributed by atoms with E-state index in [9.17, 15) is 8.42 Å². The van der Waals surface area contributed by atoms with Gasteiger partial charge in [-0.05, 0) is 37.8 Å². The van der Waals surface area contributed by atoms with Gasteiger partial charge in [0, 0.05) is 17.6 Å². The van der Waals surface area contributed by atoms with E-state index in [2.05, 4.69) is 19.7 Å². The lowest BCUT2D eigenvalue weighted by atomic mass is 9.94. The maximum atomic E-state index is 12.9. The molecule has 0 saturated heterocycles. The predicted octanol–water partition coefficient (Wildman–Crippen LogP) is 2.70. The minimum absolute atomic E-state index is 0.0311. The molecule has 0 atom stereocenters. The van der Waals surface area contributed by atoms with E-state index in [-0.39, 0.29) is 17.0 Å². The number of para-hydroxylation sites is 1. The van der Waals surface area contributed by atoms with Gasteiger partial charge in [0.15, 0.2) is 0 Å². The van der Waals surface area contributed by atoms with Crippen molar-refractivity contribution >= 4 is 20.9 Å². The Hall–Kier alpha value is -2.78. The second-order valence-corrected chi connectivity index (χ2v) is 8.63. The lowest BCUT2D eigenvalue weighted by molar-refractivity contribution is 0.136. The minimum atomic E-state index is -3.66. The molecule has 1 N–H and O–H groups in total. The first-order valence-corrected chi connectivity index (χ1v) is 10.9. The van der Waals surface area contributed by atoms with Gasteiger partial charge >= 0.3 is 0 Å². The standard InChI is InChI=1S/C20H22N4O4S/c1-27-18-12-21-13-19(23-18)28-16-9-7-15(8-10-16)24-29(25,26)17-6-2-4-14-5-3-11-22-20(14)17/h2-6,11-13,15-16,24H,7-10H2,1H3. The number of ether oxygens (including phenoxy) is 2. The molecular weight excluding hydrogens is 392 g/mol. The molecule has 152 valence electrons. The number of methoxy groups -OCH3 is 1. The van der Waals surface area contributed by atoms with Crippen LogP contribution in [0.15, 0.2) is 53.8 Å². The van der Waals surface area contributed by atoms with Crippen LogP contribution in [0.4, 0.5) is 0 Å². The number of fused-ring (bicyclic) bond motifs is 1. The summed E-state index contributed by atoms with van der Waals surface area (Å²) in [5, 5.41) is 0.798. The fraction of sp³-hybridized carbons (Fsp3) is 0.350. The third-order valence-electron chi connectivity index (χ3n) is 4.97. The molecule has 9 heteroatoms. The quantitative estimate of drug-likeness (QED) is 0.661. The molecule has 0 amide bonds. The zero-order valence-electron chi connectivity index (χ0n) is 16.0. The van der Waals surface area contributed by atoms with Crippen LogP contribution in [0, 0.1) is 0 Å². The van der Waals surface area contributed by atoms with Crippen LogP contribution in [0.2, 0.25) is 0 Å². The van der Waals surface area contributed by atoms with Crippen molar-refractivity contribution in [1.82, 2.24) is 19.7 Å². The Morgan fingerprint density at radius 1 is 1.03 bits per heavy atom. The van der Waals surface area contributed by atoms with Crippen LogP contribution in [0.1, 0.15) is 25.7 Å². The van der Waals surface area contributed by atoms with Gasteiger partial charge in [-0.15, -0.1) is 0 Å². The fourth-order valence-corrected chi connectivity index (χ4v) is 5.02. The largest absolute Gasteiger partial charge is 0.480 e. The average molecular weight is 414 g/mol. The first-order valence-electron chi connectivity index (χ1n) is 9.44. The van der Waals surface area contributed by atoms with Gasteiger partial charge in [0.25, 0.3) is 0 Å². The number of sulfonamides is 1. The van der Waals surface area contributed by atoms with Crippen LogP contribution < -0.4 is 14.2 Å². The van der Waals surface area contributed by atoms with E-state index in [0.717, 1.165) is 18.2 Å². The molecule has 1 aromatic carbocycles.